The topological polar surface area (TPSA) is 113 Å². The van der Waals surface area contributed by atoms with Crippen molar-refractivity contribution in [2.45, 2.75) is 18.4 Å². The minimum absolute atomic E-state index is 0.0647. The van der Waals surface area contributed by atoms with Gasteiger partial charge >= 0.3 is 5.97 Å². The summed E-state index contributed by atoms with van der Waals surface area (Å²) < 4.78 is 31.4. The van der Waals surface area contributed by atoms with E-state index in [9.17, 15) is 18.0 Å². The molecule has 0 atom stereocenters. The number of Topliss-reactive ketones (excluding diaryl/α,β-unsaturated/α-hetero) is 1. The number of esters is 1. The molecule has 0 saturated heterocycles. The van der Waals surface area contributed by atoms with Crippen molar-refractivity contribution in [1.82, 2.24) is 4.72 Å². The van der Waals surface area contributed by atoms with E-state index in [4.69, 9.17) is 10.00 Å². The highest BCUT2D eigenvalue weighted by Crippen LogP contribution is 2.11. The Balaban J connectivity index is 1.93. The number of hydrogen-bond donors (Lipinski definition) is 1. The van der Waals surface area contributed by atoms with E-state index in [1.54, 1.807) is 24.3 Å². The average molecular weight is 372 g/mol. The fourth-order valence-electron chi connectivity index (χ4n) is 2.07. The van der Waals surface area contributed by atoms with Crippen LogP contribution in [-0.4, -0.2) is 26.7 Å². The fourth-order valence-corrected chi connectivity index (χ4v) is 3.04. The predicted molar refractivity (Wildman–Crippen MR) is 92.6 cm³/mol. The van der Waals surface area contributed by atoms with E-state index in [0.717, 1.165) is 0 Å². The number of benzene rings is 2. The zero-order valence-corrected chi connectivity index (χ0v) is 14.7. The van der Waals surface area contributed by atoms with Crippen LogP contribution in [0.2, 0.25) is 0 Å². The molecule has 0 amide bonds. The number of carbonyl (C=O) groups is 2. The average Bonchev–Trinajstić information content (AvgIpc) is 2.65. The first kappa shape index (κ1) is 19.3. The number of ether oxygens (including phenoxy) is 1. The SMILES string of the molecule is CC(=O)c1ccc(S(=O)(=O)NCC(=O)OCc2ccccc2C#N)cc1. The summed E-state index contributed by atoms with van der Waals surface area (Å²) in [7, 11) is -3.91. The highest BCUT2D eigenvalue weighted by Gasteiger charge is 2.16. The lowest BCUT2D eigenvalue weighted by molar-refractivity contribution is -0.143. The van der Waals surface area contributed by atoms with E-state index in [-0.39, 0.29) is 17.3 Å². The lowest BCUT2D eigenvalue weighted by atomic mass is 10.1. The molecule has 0 heterocycles. The Bertz CT molecular complexity index is 960. The lowest BCUT2D eigenvalue weighted by Crippen LogP contribution is -2.30. The molecule has 0 bridgehead atoms. The minimum Gasteiger partial charge on any atom is -0.460 e. The van der Waals surface area contributed by atoms with Gasteiger partial charge in [-0.2, -0.15) is 9.98 Å². The Kier molecular flexibility index (Phi) is 6.22. The molecule has 0 spiro atoms. The van der Waals surface area contributed by atoms with Crippen molar-refractivity contribution in [3.8, 4) is 6.07 Å². The van der Waals surface area contributed by atoms with E-state index < -0.39 is 22.5 Å². The summed E-state index contributed by atoms with van der Waals surface area (Å²) in [6.07, 6.45) is 0. The highest BCUT2D eigenvalue weighted by molar-refractivity contribution is 7.89. The van der Waals surface area contributed by atoms with Crippen molar-refractivity contribution in [2.75, 3.05) is 6.54 Å². The normalized spacial score (nSPS) is 10.8. The third-order valence-corrected chi connectivity index (χ3v) is 4.92. The number of nitrogens with one attached hydrogen (secondary N) is 1. The van der Waals surface area contributed by atoms with Crippen LogP contribution < -0.4 is 4.72 Å². The predicted octanol–water partition coefficient (Wildman–Crippen LogP) is 1.78. The maximum absolute atomic E-state index is 12.1. The fraction of sp³-hybridized carbons (Fsp3) is 0.167. The van der Waals surface area contributed by atoms with Crippen molar-refractivity contribution in [3.05, 3.63) is 65.2 Å². The Morgan fingerprint density at radius 2 is 1.77 bits per heavy atom. The van der Waals surface area contributed by atoms with Gasteiger partial charge in [-0.05, 0) is 25.1 Å². The molecule has 2 rings (SSSR count). The van der Waals surface area contributed by atoms with E-state index in [1.807, 2.05) is 6.07 Å². The van der Waals surface area contributed by atoms with Crippen LogP contribution in [0.3, 0.4) is 0 Å². The van der Waals surface area contributed by atoms with Crippen molar-refractivity contribution in [2.24, 2.45) is 0 Å². The summed E-state index contributed by atoms with van der Waals surface area (Å²) in [6, 6.07) is 14.0. The summed E-state index contributed by atoms with van der Waals surface area (Å²) in [5.74, 6) is -0.954. The van der Waals surface area contributed by atoms with Crippen LogP contribution in [0.15, 0.2) is 53.4 Å². The first-order valence-electron chi connectivity index (χ1n) is 7.58. The lowest BCUT2D eigenvalue weighted by Gasteiger charge is -2.08. The van der Waals surface area contributed by atoms with Gasteiger partial charge in [-0.3, -0.25) is 9.59 Å². The number of hydrogen-bond acceptors (Lipinski definition) is 6. The monoisotopic (exact) mass is 372 g/mol. The van der Waals surface area contributed by atoms with E-state index in [2.05, 4.69) is 4.72 Å². The first-order chi connectivity index (χ1) is 12.3. The van der Waals surface area contributed by atoms with Crippen molar-refractivity contribution in [3.63, 3.8) is 0 Å². The summed E-state index contributed by atoms with van der Waals surface area (Å²) >= 11 is 0. The highest BCUT2D eigenvalue weighted by atomic mass is 32.2. The molecule has 26 heavy (non-hydrogen) atoms. The summed E-state index contributed by atoms with van der Waals surface area (Å²) in [6.45, 7) is 0.700. The number of sulfonamides is 1. The van der Waals surface area contributed by atoms with Gasteiger partial charge in [0.05, 0.1) is 16.5 Å². The first-order valence-corrected chi connectivity index (χ1v) is 9.06. The quantitative estimate of drug-likeness (QED) is 0.585. The number of rotatable bonds is 7. The molecule has 1 N–H and O–H groups in total. The molecule has 0 fully saturated rings. The number of nitrogens with zero attached hydrogens (tertiary/aromatic N) is 1. The van der Waals surface area contributed by atoms with Crippen molar-refractivity contribution < 1.29 is 22.7 Å². The number of ketones is 1. The summed E-state index contributed by atoms with van der Waals surface area (Å²) in [4.78, 5) is 22.9. The summed E-state index contributed by atoms with van der Waals surface area (Å²) in [5, 5.41) is 8.97. The van der Waals surface area contributed by atoms with Gasteiger partial charge in [0, 0.05) is 11.1 Å². The molecule has 0 aliphatic heterocycles. The van der Waals surface area contributed by atoms with Crippen LogP contribution in [0.4, 0.5) is 0 Å². The van der Waals surface area contributed by atoms with E-state index in [1.165, 1.54) is 31.2 Å². The van der Waals surface area contributed by atoms with Gasteiger partial charge in [-0.15, -0.1) is 0 Å². The van der Waals surface area contributed by atoms with Gasteiger partial charge in [0.25, 0.3) is 0 Å². The molecule has 134 valence electrons. The Morgan fingerprint density at radius 1 is 1.12 bits per heavy atom. The number of nitriles is 1. The number of carbonyl (C=O) groups excluding carboxylic acids is 2. The van der Waals surface area contributed by atoms with Crippen LogP contribution in [0.5, 0.6) is 0 Å². The Labute approximate surface area is 151 Å². The Hall–Kier alpha value is -3.02. The summed E-state index contributed by atoms with van der Waals surface area (Å²) in [5.41, 5.74) is 1.30. The van der Waals surface area contributed by atoms with Gasteiger partial charge in [0.15, 0.2) is 5.78 Å². The minimum atomic E-state index is -3.91. The van der Waals surface area contributed by atoms with Crippen LogP contribution in [0.1, 0.15) is 28.4 Å². The molecule has 0 aliphatic carbocycles. The molecular formula is C18H16N2O5S. The molecule has 0 aromatic heterocycles. The van der Waals surface area contributed by atoms with Gasteiger partial charge < -0.3 is 4.74 Å². The second-order valence-electron chi connectivity index (χ2n) is 5.33. The van der Waals surface area contributed by atoms with Gasteiger partial charge in [0.2, 0.25) is 10.0 Å². The van der Waals surface area contributed by atoms with Crippen molar-refractivity contribution in [1.29, 1.82) is 5.26 Å². The van der Waals surface area contributed by atoms with Gasteiger partial charge in [0.1, 0.15) is 13.2 Å². The Morgan fingerprint density at radius 3 is 2.38 bits per heavy atom. The smallest absolute Gasteiger partial charge is 0.321 e. The molecular weight excluding hydrogens is 356 g/mol. The third kappa shape index (κ3) is 4.99. The molecule has 7 nitrogen and oxygen atoms in total. The van der Waals surface area contributed by atoms with Crippen LogP contribution >= 0.6 is 0 Å². The molecule has 8 heteroatoms. The molecule has 0 saturated carbocycles. The zero-order chi connectivity index (χ0) is 19.2. The van der Waals surface area contributed by atoms with Crippen molar-refractivity contribution >= 4 is 21.8 Å². The van der Waals surface area contributed by atoms with Crippen LogP contribution in [0.25, 0.3) is 0 Å². The second kappa shape index (κ2) is 8.38. The standard InChI is InChI=1S/C18H16N2O5S/c1-13(21)14-6-8-17(9-7-14)26(23,24)20-11-18(22)25-12-16-5-3-2-4-15(16)10-19/h2-9,20H,11-12H2,1H3. The van der Waals surface area contributed by atoms with Gasteiger partial charge in [-0.25, -0.2) is 8.42 Å². The van der Waals surface area contributed by atoms with Crippen LogP contribution in [-0.2, 0) is 26.2 Å². The molecule has 0 aliphatic rings. The largest absolute Gasteiger partial charge is 0.460 e. The zero-order valence-electron chi connectivity index (χ0n) is 13.9. The molecule has 2 aromatic carbocycles. The second-order valence-corrected chi connectivity index (χ2v) is 7.10. The molecule has 0 radical (unpaired) electrons. The maximum atomic E-state index is 12.1. The van der Waals surface area contributed by atoms with E-state index in [0.29, 0.717) is 16.7 Å². The third-order valence-electron chi connectivity index (χ3n) is 3.50. The maximum Gasteiger partial charge on any atom is 0.321 e. The molecule has 2 aromatic rings. The van der Waals surface area contributed by atoms with E-state index >= 15 is 0 Å². The van der Waals surface area contributed by atoms with Gasteiger partial charge in [-0.1, -0.05) is 30.3 Å². The van der Waals surface area contributed by atoms with Crippen LogP contribution in [0, 0.1) is 11.3 Å². The molecule has 0 unspecified atom stereocenters.